The van der Waals surface area contributed by atoms with E-state index in [0.29, 0.717) is 17.6 Å². The Morgan fingerprint density at radius 3 is 2.71 bits per heavy atom. The lowest BCUT2D eigenvalue weighted by molar-refractivity contribution is -0.115. The van der Waals surface area contributed by atoms with E-state index in [4.69, 9.17) is 0 Å². The molecule has 0 spiro atoms. The van der Waals surface area contributed by atoms with Crippen molar-refractivity contribution in [3.8, 4) is 0 Å². The number of anilines is 1. The first kappa shape index (κ1) is 18.3. The van der Waals surface area contributed by atoms with Crippen molar-refractivity contribution in [3.05, 3.63) is 48.8 Å². The van der Waals surface area contributed by atoms with Crippen LogP contribution in [0.2, 0.25) is 0 Å². The number of thioether (sulfide) groups is 1. The van der Waals surface area contributed by atoms with Crippen LogP contribution in [0.15, 0.2) is 48.4 Å². The molecule has 0 saturated carbocycles. The molecule has 5 nitrogen and oxygen atoms in total. The van der Waals surface area contributed by atoms with E-state index in [2.05, 4.69) is 48.1 Å². The standard InChI is InChI=1S/C18H24N4OS/c1-5-11-22-12-19-21-18(22)24-14(4)17(23)20-16-9-7-15(8-10-16)13(3)6-2/h5,7-10,12-14H,1,6,11H2,2-4H3,(H,20,23)/t13-,14-/m1/s1. The van der Waals surface area contributed by atoms with E-state index in [1.807, 2.05) is 23.6 Å². The lowest BCUT2D eigenvalue weighted by Crippen LogP contribution is -2.22. The fourth-order valence-corrected chi connectivity index (χ4v) is 3.02. The van der Waals surface area contributed by atoms with Gasteiger partial charge in [-0.15, -0.1) is 16.8 Å². The van der Waals surface area contributed by atoms with Gasteiger partial charge in [-0.1, -0.05) is 43.8 Å². The summed E-state index contributed by atoms with van der Waals surface area (Å²) in [6.45, 7) is 10.6. The van der Waals surface area contributed by atoms with Crippen molar-refractivity contribution in [2.24, 2.45) is 0 Å². The Bertz CT molecular complexity index is 681. The number of carbonyl (C=O) groups excluding carboxylic acids is 1. The highest BCUT2D eigenvalue weighted by molar-refractivity contribution is 8.00. The van der Waals surface area contributed by atoms with Gasteiger partial charge in [0.05, 0.1) is 5.25 Å². The highest BCUT2D eigenvalue weighted by Gasteiger charge is 2.18. The monoisotopic (exact) mass is 344 g/mol. The number of aromatic nitrogens is 3. The van der Waals surface area contributed by atoms with Crippen LogP contribution in [-0.2, 0) is 11.3 Å². The van der Waals surface area contributed by atoms with Gasteiger partial charge in [-0.25, -0.2) is 0 Å². The van der Waals surface area contributed by atoms with Gasteiger partial charge in [0.2, 0.25) is 5.91 Å². The summed E-state index contributed by atoms with van der Waals surface area (Å²) in [5.74, 6) is 0.477. The van der Waals surface area contributed by atoms with Crippen molar-refractivity contribution in [3.63, 3.8) is 0 Å². The summed E-state index contributed by atoms with van der Waals surface area (Å²) in [7, 11) is 0. The molecule has 0 fully saturated rings. The molecule has 1 N–H and O–H groups in total. The highest BCUT2D eigenvalue weighted by atomic mass is 32.2. The average Bonchev–Trinajstić information content (AvgIpc) is 3.02. The molecule has 128 valence electrons. The Labute approximate surface area is 147 Å². The number of nitrogens with zero attached hydrogens (tertiary/aromatic N) is 3. The molecule has 1 amide bonds. The maximum absolute atomic E-state index is 12.4. The van der Waals surface area contributed by atoms with Crippen LogP contribution < -0.4 is 5.32 Å². The maximum atomic E-state index is 12.4. The molecule has 0 unspecified atom stereocenters. The molecular weight excluding hydrogens is 320 g/mol. The summed E-state index contributed by atoms with van der Waals surface area (Å²) in [6.07, 6.45) is 4.52. The van der Waals surface area contributed by atoms with Gasteiger partial charge in [0.15, 0.2) is 5.16 Å². The molecule has 0 aliphatic heterocycles. The zero-order chi connectivity index (χ0) is 17.5. The lowest BCUT2D eigenvalue weighted by Gasteiger charge is -2.13. The van der Waals surface area contributed by atoms with Crippen LogP contribution in [0.3, 0.4) is 0 Å². The Balaban J connectivity index is 1.96. The molecule has 0 bridgehead atoms. The lowest BCUT2D eigenvalue weighted by atomic mass is 9.99. The molecule has 6 heteroatoms. The van der Waals surface area contributed by atoms with E-state index >= 15 is 0 Å². The SMILES string of the molecule is C=CCn1cnnc1S[C@H](C)C(=O)Nc1ccc([C@H](C)CC)cc1. The number of nitrogens with one attached hydrogen (secondary N) is 1. The number of carbonyl (C=O) groups is 1. The van der Waals surface area contributed by atoms with Gasteiger partial charge in [-0.05, 0) is 37.0 Å². The molecule has 1 heterocycles. The first-order valence-electron chi connectivity index (χ1n) is 8.11. The summed E-state index contributed by atoms with van der Waals surface area (Å²) in [5.41, 5.74) is 2.10. The Morgan fingerprint density at radius 2 is 2.08 bits per heavy atom. The summed E-state index contributed by atoms with van der Waals surface area (Å²) in [4.78, 5) is 12.4. The highest BCUT2D eigenvalue weighted by Crippen LogP contribution is 2.23. The average molecular weight is 344 g/mol. The zero-order valence-electron chi connectivity index (χ0n) is 14.4. The molecule has 0 aliphatic carbocycles. The second-order valence-electron chi connectivity index (χ2n) is 5.74. The minimum absolute atomic E-state index is 0.0514. The van der Waals surface area contributed by atoms with Gasteiger partial charge in [-0.2, -0.15) is 0 Å². The Morgan fingerprint density at radius 1 is 1.38 bits per heavy atom. The van der Waals surface area contributed by atoms with Crippen LogP contribution in [-0.4, -0.2) is 25.9 Å². The third-order valence-corrected chi connectivity index (χ3v) is 5.01. The van der Waals surface area contributed by atoms with Crippen LogP contribution in [0, 0.1) is 0 Å². The van der Waals surface area contributed by atoms with Crippen LogP contribution in [0.5, 0.6) is 0 Å². The topological polar surface area (TPSA) is 59.8 Å². The second kappa shape index (κ2) is 8.68. The van der Waals surface area contributed by atoms with Crippen molar-refractivity contribution in [2.75, 3.05) is 5.32 Å². The molecule has 1 aromatic carbocycles. The first-order valence-corrected chi connectivity index (χ1v) is 8.99. The molecule has 1 aromatic heterocycles. The quantitative estimate of drug-likeness (QED) is 0.578. The third kappa shape index (κ3) is 4.71. The number of amides is 1. The van der Waals surface area contributed by atoms with Crippen LogP contribution in [0.1, 0.15) is 38.7 Å². The summed E-state index contributed by atoms with van der Waals surface area (Å²) in [5, 5.41) is 11.3. The minimum Gasteiger partial charge on any atom is -0.325 e. The summed E-state index contributed by atoms with van der Waals surface area (Å²) in [6, 6.07) is 8.05. The molecule has 0 radical (unpaired) electrons. The van der Waals surface area contributed by atoms with Crippen molar-refractivity contribution in [2.45, 2.75) is 50.1 Å². The van der Waals surface area contributed by atoms with Gasteiger partial charge in [0, 0.05) is 12.2 Å². The van der Waals surface area contributed by atoms with E-state index < -0.39 is 0 Å². The minimum atomic E-state index is -0.271. The fourth-order valence-electron chi connectivity index (χ4n) is 2.19. The van der Waals surface area contributed by atoms with E-state index in [9.17, 15) is 4.79 Å². The number of hydrogen-bond acceptors (Lipinski definition) is 4. The van der Waals surface area contributed by atoms with Crippen molar-refractivity contribution < 1.29 is 4.79 Å². The molecule has 0 aliphatic rings. The van der Waals surface area contributed by atoms with Crippen molar-refractivity contribution in [1.82, 2.24) is 14.8 Å². The number of rotatable bonds is 8. The second-order valence-corrected chi connectivity index (χ2v) is 7.04. The fraction of sp³-hybridized carbons (Fsp3) is 0.389. The van der Waals surface area contributed by atoms with Crippen molar-refractivity contribution in [1.29, 1.82) is 0 Å². The van der Waals surface area contributed by atoms with E-state index in [-0.39, 0.29) is 11.2 Å². The van der Waals surface area contributed by atoms with Crippen LogP contribution in [0.4, 0.5) is 5.69 Å². The van der Waals surface area contributed by atoms with E-state index in [1.165, 1.54) is 17.3 Å². The van der Waals surface area contributed by atoms with Gasteiger partial charge in [0.25, 0.3) is 0 Å². The summed E-state index contributed by atoms with van der Waals surface area (Å²) >= 11 is 1.39. The van der Waals surface area contributed by atoms with E-state index in [1.54, 1.807) is 12.4 Å². The van der Waals surface area contributed by atoms with Crippen molar-refractivity contribution >= 4 is 23.4 Å². The largest absolute Gasteiger partial charge is 0.325 e. The van der Waals surface area contributed by atoms with Gasteiger partial charge >= 0.3 is 0 Å². The van der Waals surface area contributed by atoms with Crippen LogP contribution >= 0.6 is 11.8 Å². The van der Waals surface area contributed by atoms with Crippen LogP contribution in [0.25, 0.3) is 0 Å². The predicted octanol–water partition coefficient (Wildman–Crippen LogP) is 4.10. The molecular formula is C18H24N4OS. The number of hydrogen-bond donors (Lipinski definition) is 1. The molecule has 2 aromatic rings. The predicted molar refractivity (Wildman–Crippen MR) is 99.3 cm³/mol. The Kier molecular flexibility index (Phi) is 6.61. The van der Waals surface area contributed by atoms with Gasteiger partial charge in [0.1, 0.15) is 6.33 Å². The normalized spacial score (nSPS) is 13.3. The Hall–Kier alpha value is -2.08. The summed E-state index contributed by atoms with van der Waals surface area (Å²) < 4.78 is 1.86. The molecule has 2 atom stereocenters. The van der Waals surface area contributed by atoms with Gasteiger partial charge < -0.3 is 9.88 Å². The molecule has 0 saturated heterocycles. The zero-order valence-corrected chi connectivity index (χ0v) is 15.2. The third-order valence-electron chi connectivity index (χ3n) is 3.92. The smallest absolute Gasteiger partial charge is 0.237 e. The number of allylic oxidation sites excluding steroid dienone is 1. The molecule has 24 heavy (non-hydrogen) atoms. The first-order chi connectivity index (χ1) is 11.5. The number of benzene rings is 1. The van der Waals surface area contributed by atoms with Gasteiger partial charge in [-0.3, -0.25) is 4.79 Å². The maximum Gasteiger partial charge on any atom is 0.237 e. The molecule has 2 rings (SSSR count). The van der Waals surface area contributed by atoms with E-state index in [0.717, 1.165) is 12.1 Å².